The minimum atomic E-state index is -2.96. The van der Waals surface area contributed by atoms with Gasteiger partial charge in [-0.25, -0.2) is 0 Å². The summed E-state index contributed by atoms with van der Waals surface area (Å²) in [5.74, 6) is 0.727. The van der Waals surface area contributed by atoms with Crippen LogP contribution in [-0.4, -0.2) is 33.3 Å². The van der Waals surface area contributed by atoms with Crippen LogP contribution in [0, 0.1) is 0 Å². The topological polar surface area (TPSA) is 52.3 Å². The van der Waals surface area contributed by atoms with Crippen LogP contribution in [0.2, 0.25) is 26.4 Å². The molecule has 0 bridgehead atoms. The molecule has 2 N–H and O–H groups in total. The first-order valence-corrected chi connectivity index (χ1v) is 22.5. The number of carbonyl (C=O) groups excluding carboxylic acids is 1. The minimum absolute atomic E-state index is 0.0492. The molecule has 0 saturated heterocycles. The van der Waals surface area contributed by atoms with Crippen LogP contribution < -0.4 is 10.2 Å². The van der Waals surface area contributed by atoms with Gasteiger partial charge in [0.1, 0.15) is 0 Å². The molecule has 5 heteroatoms. The maximum absolute atomic E-state index is 13.0. The van der Waals surface area contributed by atoms with Gasteiger partial charge in [-0.2, -0.15) is 0 Å². The summed E-state index contributed by atoms with van der Waals surface area (Å²) in [6, 6.07) is 6.53. The van der Waals surface area contributed by atoms with Gasteiger partial charge in [-0.3, -0.25) is 0 Å². The molecule has 1 rings (SSSR count). The van der Waals surface area contributed by atoms with Crippen LogP contribution in [0.3, 0.4) is 0 Å². The van der Waals surface area contributed by atoms with Crippen LogP contribution in [0.5, 0.6) is 5.75 Å². The summed E-state index contributed by atoms with van der Waals surface area (Å²) in [7, 11) is -0.931. The molecule has 0 aromatic heterocycles. The van der Waals surface area contributed by atoms with Gasteiger partial charge in [-0.05, 0) is 0 Å². The van der Waals surface area contributed by atoms with E-state index in [1.165, 1.54) is 57.4 Å². The maximum atomic E-state index is 13.0. The second-order valence-corrected chi connectivity index (χ2v) is 25.7. The number of nitrogens with two attached hydrogens (primary N) is 1. The van der Waals surface area contributed by atoms with Crippen LogP contribution in [0.1, 0.15) is 91.2 Å². The average Bonchev–Trinajstić information content (AvgIpc) is 2.71. The van der Waals surface area contributed by atoms with Crippen molar-refractivity contribution >= 4 is 39.4 Å². The molecule has 0 aliphatic heterocycles. The van der Waals surface area contributed by atoms with E-state index in [0.29, 0.717) is 0 Å². The SMILES string of the molecule is CCC[CH2][Sn]([CH2]CCC)([CH2]CCC)/[C](=C/c1ccc(C(C)(C)C)cc1O[Si](C)C)C(N)=O. The van der Waals surface area contributed by atoms with Crippen molar-refractivity contribution in [3.8, 4) is 5.75 Å². The summed E-state index contributed by atoms with van der Waals surface area (Å²) in [5, 5.41) is 0. The van der Waals surface area contributed by atoms with E-state index in [-0.39, 0.29) is 11.3 Å². The van der Waals surface area contributed by atoms with Gasteiger partial charge in [0, 0.05) is 0 Å². The van der Waals surface area contributed by atoms with Crippen LogP contribution in [0.25, 0.3) is 6.08 Å². The molecule has 181 valence electrons. The molecule has 1 aromatic carbocycles. The van der Waals surface area contributed by atoms with E-state index in [2.05, 4.69) is 78.9 Å². The fourth-order valence-electron chi connectivity index (χ4n) is 4.39. The molecule has 1 radical (unpaired) electrons. The molecule has 1 aromatic rings. The predicted molar refractivity (Wildman–Crippen MR) is 145 cm³/mol. The van der Waals surface area contributed by atoms with Gasteiger partial charge in [0.25, 0.3) is 0 Å². The summed E-state index contributed by atoms with van der Waals surface area (Å²) in [5.41, 5.74) is 8.48. The van der Waals surface area contributed by atoms with E-state index in [1.807, 2.05) is 0 Å². The summed E-state index contributed by atoms with van der Waals surface area (Å²) in [6.07, 6.45) is 9.30. The van der Waals surface area contributed by atoms with Crippen molar-refractivity contribution in [1.29, 1.82) is 0 Å². The van der Waals surface area contributed by atoms with Crippen LogP contribution in [-0.2, 0) is 10.2 Å². The molecule has 0 fully saturated rings. The standard InChI is InChI=1S/C15H21NO2Si.3C4H9.Sn/c1-15(2,3)12-8-6-11(7-9-14(16)17)13(10-12)18-19(4)5;3*1-3-4-2;/h6-8,10H,1-5H3,(H2,16,17);3*1,3-4H2,2H3;. The van der Waals surface area contributed by atoms with Crippen molar-refractivity contribution < 1.29 is 9.22 Å². The zero-order valence-electron chi connectivity index (χ0n) is 22.1. The van der Waals surface area contributed by atoms with Crippen molar-refractivity contribution in [3.63, 3.8) is 0 Å². The summed E-state index contributed by atoms with van der Waals surface area (Å²) < 4.78 is 11.0. The molecule has 3 nitrogen and oxygen atoms in total. The number of benzene rings is 1. The molecular formula is C27H48NO2SiSn. The van der Waals surface area contributed by atoms with Crippen molar-refractivity contribution in [3.05, 3.63) is 32.9 Å². The molecule has 0 heterocycles. The van der Waals surface area contributed by atoms with Gasteiger partial charge in [-0.15, -0.1) is 0 Å². The number of carbonyl (C=O) groups is 1. The Balaban J connectivity index is 3.68. The van der Waals surface area contributed by atoms with Crippen LogP contribution in [0.4, 0.5) is 0 Å². The number of unbranched alkanes of at least 4 members (excludes halogenated alkanes) is 3. The summed E-state index contributed by atoms with van der Waals surface area (Å²) >= 11 is -2.96. The van der Waals surface area contributed by atoms with Gasteiger partial charge in [0.2, 0.25) is 0 Å². The Hall–Kier alpha value is -0.754. The van der Waals surface area contributed by atoms with E-state index < -0.39 is 27.4 Å². The summed E-state index contributed by atoms with van der Waals surface area (Å²) in [6.45, 7) is 17.8. The molecule has 0 aliphatic carbocycles. The molecule has 32 heavy (non-hydrogen) atoms. The van der Waals surface area contributed by atoms with E-state index in [0.717, 1.165) is 14.9 Å². The molecule has 0 atom stereocenters. The van der Waals surface area contributed by atoms with Crippen LogP contribution in [0.15, 0.2) is 21.8 Å². The predicted octanol–water partition coefficient (Wildman–Crippen LogP) is 7.87. The normalized spacial score (nSPS) is 13.0. The first kappa shape index (κ1) is 29.3. The van der Waals surface area contributed by atoms with Gasteiger partial charge in [0.05, 0.1) is 0 Å². The Kier molecular flexibility index (Phi) is 12.7. The average molecular weight is 565 g/mol. The second kappa shape index (κ2) is 13.8. The molecule has 0 saturated carbocycles. The number of hydrogen-bond acceptors (Lipinski definition) is 2. The second-order valence-electron chi connectivity index (χ2n) is 10.5. The Labute approximate surface area is 204 Å². The summed E-state index contributed by atoms with van der Waals surface area (Å²) in [4.78, 5) is 13.0. The van der Waals surface area contributed by atoms with E-state index in [1.54, 1.807) is 0 Å². The van der Waals surface area contributed by atoms with Crippen LogP contribution >= 0.6 is 0 Å². The van der Waals surface area contributed by atoms with E-state index >= 15 is 0 Å². The Morgan fingerprint density at radius 2 is 1.50 bits per heavy atom. The first-order chi connectivity index (χ1) is 15.0. The monoisotopic (exact) mass is 566 g/mol. The number of amides is 1. The Morgan fingerprint density at radius 1 is 1.00 bits per heavy atom. The number of primary amides is 1. The van der Waals surface area contributed by atoms with Crippen molar-refractivity contribution in [1.82, 2.24) is 0 Å². The Morgan fingerprint density at radius 3 is 1.88 bits per heavy atom. The first-order valence-electron chi connectivity index (χ1n) is 12.6. The van der Waals surface area contributed by atoms with Gasteiger partial charge in [-0.1, -0.05) is 0 Å². The van der Waals surface area contributed by atoms with E-state index in [4.69, 9.17) is 10.2 Å². The van der Waals surface area contributed by atoms with Crippen molar-refractivity contribution in [2.75, 3.05) is 0 Å². The zero-order chi connectivity index (χ0) is 24.4. The van der Waals surface area contributed by atoms with Crippen molar-refractivity contribution in [2.24, 2.45) is 5.73 Å². The third-order valence-corrected chi connectivity index (χ3v) is 22.6. The van der Waals surface area contributed by atoms with Gasteiger partial charge in [0.15, 0.2) is 0 Å². The number of hydrogen-bond donors (Lipinski definition) is 1. The molecule has 1 amide bonds. The molecular weight excluding hydrogens is 517 g/mol. The van der Waals surface area contributed by atoms with Gasteiger partial charge >= 0.3 is 205 Å². The fourth-order valence-corrected chi connectivity index (χ4v) is 21.1. The third kappa shape index (κ3) is 8.88. The molecule has 0 spiro atoms. The van der Waals surface area contributed by atoms with E-state index in [9.17, 15) is 4.79 Å². The zero-order valence-corrected chi connectivity index (χ0v) is 25.9. The van der Waals surface area contributed by atoms with Crippen molar-refractivity contribution in [2.45, 2.75) is 112 Å². The molecule has 0 aliphatic rings. The quantitative estimate of drug-likeness (QED) is 0.184. The fraction of sp³-hybridized carbons (Fsp3) is 0.667. The number of rotatable bonds is 14. The molecule has 0 unspecified atom stereocenters. The Bertz CT molecular complexity index is 731. The third-order valence-electron chi connectivity index (χ3n) is 6.36. The van der Waals surface area contributed by atoms with Gasteiger partial charge < -0.3 is 0 Å².